The zero-order chi connectivity index (χ0) is 6.24. The molecule has 0 aromatic carbocycles. The molecule has 0 unspecified atom stereocenters. The molecular formula is C7H15Br. The second-order valence-corrected chi connectivity index (χ2v) is 2.12. The number of rotatable bonds is 0. The zero-order valence-electron chi connectivity index (χ0n) is 5.62. The second-order valence-electron chi connectivity index (χ2n) is 2.12. The highest BCUT2D eigenvalue weighted by Crippen LogP contribution is 2.15. The van der Waals surface area contributed by atoms with Crippen molar-refractivity contribution >= 4 is 15.9 Å². The van der Waals surface area contributed by atoms with Gasteiger partial charge >= 0.3 is 0 Å². The fourth-order valence-corrected chi connectivity index (χ4v) is 1.06. The van der Waals surface area contributed by atoms with Gasteiger partial charge in [0, 0.05) is 0 Å². The van der Waals surface area contributed by atoms with Gasteiger partial charge in [-0.15, -0.1) is 0 Å². The Morgan fingerprint density at radius 3 is 0.875 bits per heavy atom. The van der Waals surface area contributed by atoms with Gasteiger partial charge in [-0.1, -0.05) is 54.5 Å². The monoisotopic (exact) mass is 178 g/mol. The first-order chi connectivity index (χ1) is 4.00. The third kappa shape index (κ3) is 4.63. The summed E-state index contributed by atoms with van der Waals surface area (Å²) >= 11 is 2.94. The molecule has 0 bridgehead atoms. The number of hydrogen-bond donors (Lipinski definition) is 0. The molecule has 1 saturated carbocycles. The fraction of sp³-hybridized carbons (Fsp3) is 1.00. The molecule has 0 aromatic rings. The third-order valence-corrected chi connectivity index (χ3v) is 1.50. The van der Waals surface area contributed by atoms with Gasteiger partial charge in [-0.3, -0.25) is 0 Å². The van der Waals surface area contributed by atoms with Crippen molar-refractivity contribution in [3.63, 3.8) is 0 Å². The Hall–Kier alpha value is 0.480. The zero-order valence-corrected chi connectivity index (χ0v) is 7.21. The number of alkyl halides is 1. The van der Waals surface area contributed by atoms with Gasteiger partial charge in [0.2, 0.25) is 0 Å². The molecule has 0 atom stereocenters. The lowest BCUT2D eigenvalue weighted by Gasteiger charge is -2.05. The van der Waals surface area contributed by atoms with Crippen molar-refractivity contribution in [2.24, 2.45) is 0 Å². The maximum Gasteiger partial charge on any atom is -0.00848 e. The topological polar surface area (TPSA) is 0 Å². The van der Waals surface area contributed by atoms with Gasteiger partial charge < -0.3 is 0 Å². The summed E-state index contributed by atoms with van der Waals surface area (Å²) in [5.74, 6) is 1.81. The van der Waals surface area contributed by atoms with E-state index in [9.17, 15) is 0 Å². The van der Waals surface area contributed by atoms with Crippen molar-refractivity contribution in [2.45, 2.75) is 38.5 Å². The standard InChI is InChI=1S/C6H12.CH3Br/c1-2-4-6-5-3-1;1-2/h1-6H2;1H3. The Morgan fingerprint density at radius 2 is 0.750 bits per heavy atom. The molecule has 0 heterocycles. The van der Waals surface area contributed by atoms with Crippen molar-refractivity contribution in [3.8, 4) is 0 Å². The van der Waals surface area contributed by atoms with Crippen LogP contribution in [0.5, 0.6) is 0 Å². The van der Waals surface area contributed by atoms with Gasteiger partial charge in [0.25, 0.3) is 0 Å². The summed E-state index contributed by atoms with van der Waals surface area (Å²) in [7, 11) is 0. The largest absolute Gasteiger partial charge is 0.0966 e. The predicted molar refractivity (Wildman–Crippen MR) is 42.6 cm³/mol. The van der Waals surface area contributed by atoms with Crippen LogP contribution in [0.15, 0.2) is 0 Å². The van der Waals surface area contributed by atoms with E-state index in [2.05, 4.69) is 15.9 Å². The number of halogens is 1. The van der Waals surface area contributed by atoms with Gasteiger partial charge in [-0.05, 0) is 5.83 Å². The van der Waals surface area contributed by atoms with Crippen molar-refractivity contribution in [2.75, 3.05) is 5.83 Å². The maximum absolute atomic E-state index is 2.94. The van der Waals surface area contributed by atoms with Crippen LogP contribution < -0.4 is 0 Å². The maximum atomic E-state index is 2.94. The summed E-state index contributed by atoms with van der Waals surface area (Å²) in [6.07, 6.45) is 9.00. The smallest absolute Gasteiger partial charge is 0.00848 e. The molecule has 0 spiro atoms. The highest BCUT2D eigenvalue weighted by Gasteiger charge is 1.95. The molecule has 0 radical (unpaired) electrons. The fourth-order valence-electron chi connectivity index (χ4n) is 1.06. The molecule has 0 aromatic heterocycles. The summed E-state index contributed by atoms with van der Waals surface area (Å²) in [5, 5.41) is 0. The van der Waals surface area contributed by atoms with E-state index in [4.69, 9.17) is 0 Å². The molecule has 1 heteroatoms. The quantitative estimate of drug-likeness (QED) is 0.500. The van der Waals surface area contributed by atoms with E-state index in [-0.39, 0.29) is 0 Å². The average Bonchev–Trinajstić information content (AvgIpc) is 1.96. The van der Waals surface area contributed by atoms with Crippen LogP contribution in [0.3, 0.4) is 0 Å². The van der Waals surface area contributed by atoms with Crippen molar-refractivity contribution in [1.29, 1.82) is 0 Å². The van der Waals surface area contributed by atoms with E-state index in [1.807, 2.05) is 5.83 Å². The molecular weight excluding hydrogens is 164 g/mol. The van der Waals surface area contributed by atoms with Crippen LogP contribution in [0.2, 0.25) is 0 Å². The van der Waals surface area contributed by atoms with Gasteiger partial charge in [0.15, 0.2) is 0 Å². The van der Waals surface area contributed by atoms with E-state index in [0.29, 0.717) is 0 Å². The highest BCUT2D eigenvalue weighted by molar-refractivity contribution is 9.08. The summed E-state index contributed by atoms with van der Waals surface area (Å²) < 4.78 is 0. The minimum atomic E-state index is 1.50. The van der Waals surface area contributed by atoms with Gasteiger partial charge in [0.05, 0.1) is 0 Å². The summed E-state index contributed by atoms with van der Waals surface area (Å²) in [6, 6.07) is 0. The molecule has 0 nitrogen and oxygen atoms in total. The molecule has 50 valence electrons. The molecule has 0 aliphatic heterocycles. The lowest BCUT2D eigenvalue weighted by atomic mass is 10.0. The van der Waals surface area contributed by atoms with Gasteiger partial charge in [-0.25, -0.2) is 0 Å². The van der Waals surface area contributed by atoms with Crippen molar-refractivity contribution in [1.82, 2.24) is 0 Å². The van der Waals surface area contributed by atoms with Crippen LogP contribution in [-0.2, 0) is 0 Å². The lowest BCUT2D eigenvalue weighted by Crippen LogP contribution is -1.85. The Kier molecular flexibility index (Phi) is 7.93. The minimum absolute atomic E-state index is 1.50. The van der Waals surface area contributed by atoms with Gasteiger partial charge in [0.1, 0.15) is 0 Å². The van der Waals surface area contributed by atoms with E-state index in [1.54, 1.807) is 0 Å². The predicted octanol–water partition coefficient (Wildman–Crippen LogP) is 3.35. The first-order valence-corrected chi connectivity index (χ1v) is 4.96. The first-order valence-electron chi connectivity index (χ1n) is 3.38. The summed E-state index contributed by atoms with van der Waals surface area (Å²) in [4.78, 5) is 0. The van der Waals surface area contributed by atoms with Crippen molar-refractivity contribution in [3.05, 3.63) is 0 Å². The average molecular weight is 179 g/mol. The molecule has 1 fully saturated rings. The van der Waals surface area contributed by atoms with Crippen LogP contribution in [0.25, 0.3) is 0 Å². The van der Waals surface area contributed by atoms with Crippen LogP contribution in [0, 0.1) is 0 Å². The Morgan fingerprint density at radius 1 is 0.625 bits per heavy atom. The van der Waals surface area contributed by atoms with Crippen molar-refractivity contribution < 1.29 is 0 Å². The molecule has 0 N–H and O–H groups in total. The minimum Gasteiger partial charge on any atom is -0.0966 e. The molecule has 0 saturated heterocycles. The van der Waals surface area contributed by atoms with Crippen LogP contribution in [0.1, 0.15) is 38.5 Å². The normalized spacial score (nSPS) is 18.8. The molecule has 1 aliphatic carbocycles. The second kappa shape index (κ2) is 7.48. The SMILES string of the molecule is C1CCCCC1.CBr. The molecule has 8 heavy (non-hydrogen) atoms. The van der Waals surface area contributed by atoms with E-state index in [0.717, 1.165) is 0 Å². The molecule has 1 rings (SSSR count). The molecule has 0 amide bonds. The van der Waals surface area contributed by atoms with E-state index in [1.165, 1.54) is 38.5 Å². The van der Waals surface area contributed by atoms with Gasteiger partial charge in [-0.2, -0.15) is 0 Å². The summed E-state index contributed by atoms with van der Waals surface area (Å²) in [6.45, 7) is 0. The van der Waals surface area contributed by atoms with E-state index < -0.39 is 0 Å². The van der Waals surface area contributed by atoms with Crippen LogP contribution >= 0.6 is 15.9 Å². The Bertz CT molecular complexity index is 19.9. The summed E-state index contributed by atoms with van der Waals surface area (Å²) in [5.41, 5.74) is 0. The van der Waals surface area contributed by atoms with E-state index >= 15 is 0 Å². The highest BCUT2D eigenvalue weighted by atomic mass is 79.9. The Balaban J connectivity index is 0.000000222. The number of hydrogen-bond acceptors (Lipinski definition) is 0. The van der Waals surface area contributed by atoms with Crippen LogP contribution in [-0.4, -0.2) is 5.83 Å². The first kappa shape index (κ1) is 8.48. The lowest BCUT2D eigenvalue weighted by molar-refractivity contribution is 0.504. The third-order valence-electron chi connectivity index (χ3n) is 1.50. The van der Waals surface area contributed by atoms with Crippen LogP contribution in [0.4, 0.5) is 0 Å². The Labute approximate surface area is 60.8 Å². The molecule has 1 aliphatic rings.